The van der Waals surface area contributed by atoms with Gasteiger partial charge in [-0.25, -0.2) is 9.18 Å². The van der Waals surface area contributed by atoms with Gasteiger partial charge in [0.2, 0.25) is 0 Å². The summed E-state index contributed by atoms with van der Waals surface area (Å²) in [6.45, 7) is 2.05. The standard InChI is InChI=1S/C16H23FN2O2/c17-15-7-2-1-5-13(15)6-3-4-10-18-16(20)19-14-8-11-21-12-9-14/h1-2,5,7,14H,3-4,6,8-12H2,(H2,18,19,20). The van der Waals surface area contributed by atoms with Crippen molar-refractivity contribution in [2.45, 2.75) is 38.1 Å². The summed E-state index contributed by atoms with van der Waals surface area (Å²) in [5.41, 5.74) is 0.740. The molecule has 2 amide bonds. The fourth-order valence-electron chi connectivity index (χ4n) is 2.42. The lowest BCUT2D eigenvalue weighted by Crippen LogP contribution is -2.44. The van der Waals surface area contributed by atoms with Crippen molar-refractivity contribution in [3.05, 3.63) is 35.6 Å². The van der Waals surface area contributed by atoms with Crippen LogP contribution >= 0.6 is 0 Å². The summed E-state index contributed by atoms with van der Waals surface area (Å²) in [5, 5.41) is 5.79. The molecule has 1 aromatic rings. The zero-order valence-corrected chi connectivity index (χ0v) is 12.2. The zero-order chi connectivity index (χ0) is 14.9. The minimum absolute atomic E-state index is 0.118. The molecule has 0 aromatic heterocycles. The van der Waals surface area contributed by atoms with Gasteiger partial charge in [0.25, 0.3) is 0 Å². The highest BCUT2D eigenvalue weighted by molar-refractivity contribution is 5.74. The quantitative estimate of drug-likeness (QED) is 0.792. The first-order valence-corrected chi connectivity index (χ1v) is 7.61. The number of urea groups is 1. The van der Waals surface area contributed by atoms with Gasteiger partial charge in [-0.05, 0) is 43.7 Å². The Balaban J connectivity index is 1.55. The van der Waals surface area contributed by atoms with Gasteiger partial charge in [-0.15, -0.1) is 0 Å². The fraction of sp³-hybridized carbons (Fsp3) is 0.562. The molecule has 2 rings (SSSR count). The van der Waals surface area contributed by atoms with Crippen LogP contribution in [0, 0.1) is 5.82 Å². The maximum Gasteiger partial charge on any atom is 0.315 e. The van der Waals surface area contributed by atoms with Crippen LogP contribution in [0.2, 0.25) is 0 Å². The third-order valence-corrected chi connectivity index (χ3v) is 3.67. The molecule has 1 aliphatic heterocycles. The first-order chi connectivity index (χ1) is 10.3. The van der Waals surface area contributed by atoms with Crippen LogP contribution in [0.1, 0.15) is 31.2 Å². The van der Waals surface area contributed by atoms with Gasteiger partial charge in [0, 0.05) is 25.8 Å². The van der Waals surface area contributed by atoms with Crippen LogP contribution in [0.4, 0.5) is 9.18 Å². The Morgan fingerprint density at radius 2 is 2.00 bits per heavy atom. The van der Waals surface area contributed by atoms with Crippen LogP contribution < -0.4 is 10.6 Å². The summed E-state index contributed by atoms with van der Waals surface area (Å²) >= 11 is 0. The highest BCUT2D eigenvalue weighted by Gasteiger charge is 2.15. The number of halogens is 1. The van der Waals surface area contributed by atoms with Gasteiger partial charge in [0.05, 0.1) is 0 Å². The van der Waals surface area contributed by atoms with E-state index in [0.717, 1.165) is 31.2 Å². The Kier molecular flexibility index (Phi) is 6.47. The number of carbonyl (C=O) groups excluding carboxylic acids is 1. The summed E-state index contributed by atoms with van der Waals surface area (Å²) in [7, 11) is 0. The second-order valence-electron chi connectivity index (χ2n) is 5.34. The lowest BCUT2D eigenvalue weighted by Gasteiger charge is -2.23. The van der Waals surface area contributed by atoms with Gasteiger partial charge in [-0.2, -0.15) is 0 Å². The number of benzene rings is 1. The third-order valence-electron chi connectivity index (χ3n) is 3.67. The third kappa shape index (κ3) is 5.71. The van der Waals surface area contributed by atoms with Crippen molar-refractivity contribution in [1.29, 1.82) is 0 Å². The maximum atomic E-state index is 13.4. The van der Waals surface area contributed by atoms with Crippen LogP contribution in [0.3, 0.4) is 0 Å². The first-order valence-electron chi connectivity index (χ1n) is 7.61. The lowest BCUT2D eigenvalue weighted by molar-refractivity contribution is 0.0801. The van der Waals surface area contributed by atoms with E-state index in [9.17, 15) is 9.18 Å². The normalized spacial score (nSPS) is 15.7. The maximum absolute atomic E-state index is 13.4. The number of aryl methyl sites for hydroxylation is 1. The Morgan fingerprint density at radius 1 is 1.24 bits per heavy atom. The first kappa shape index (κ1) is 15.8. The molecule has 0 spiro atoms. The number of hydrogen-bond donors (Lipinski definition) is 2. The fourth-order valence-corrected chi connectivity index (χ4v) is 2.42. The SMILES string of the molecule is O=C(NCCCCc1ccccc1F)NC1CCOCC1. The summed E-state index contributed by atoms with van der Waals surface area (Å²) in [6, 6.07) is 6.93. The van der Waals surface area contributed by atoms with Crippen molar-refractivity contribution in [3.63, 3.8) is 0 Å². The molecule has 1 aliphatic rings. The van der Waals surface area contributed by atoms with E-state index in [2.05, 4.69) is 10.6 Å². The molecule has 2 N–H and O–H groups in total. The van der Waals surface area contributed by atoms with E-state index in [1.807, 2.05) is 6.07 Å². The number of carbonyl (C=O) groups is 1. The van der Waals surface area contributed by atoms with E-state index >= 15 is 0 Å². The predicted molar refractivity (Wildman–Crippen MR) is 79.7 cm³/mol. The van der Waals surface area contributed by atoms with E-state index in [1.54, 1.807) is 12.1 Å². The average molecular weight is 294 g/mol. The van der Waals surface area contributed by atoms with E-state index in [-0.39, 0.29) is 17.9 Å². The smallest absolute Gasteiger partial charge is 0.315 e. The molecule has 0 aliphatic carbocycles. The molecule has 0 radical (unpaired) electrons. The number of nitrogens with one attached hydrogen (secondary N) is 2. The molecule has 0 saturated carbocycles. The Morgan fingerprint density at radius 3 is 2.76 bits per heavy atom. The number of ether oxygens (including phenoxy) is 1. The molecule has 1 fully saturated rings. The van der Waals surface area contributed by atoms with E-state index in [1.165, 1.54) is 6.07 Å². The summed E-state index contributed by atoms with van der Waals surface area (Å²) < 4.78 is 18.6. The van der Waals surface area contributed by atoms with Crippen LogP contribution in [0.5, 0.6) is 0 Å². The second kappa shape index (κ2) is 8.62. The van der Waals surface area contributed by atoms with E-state index in [4.69, 9.17) is 4.74 Å². The minimum Gasteiger partial charge on any atom is -0.381 e. The van der Waals surface area contributed by atoms with Crippen molar-refractivity contribution in [2.24, 2.45) is 0 Å². The van der Waals surface area contributed by atoms with Gasteiger partial charge >= 0.3 is 6.03 Å². The molecule has 0 unspecified atom stereocenters. The molecule has 1 saturated heterocycles. The number of unbranched alkanes of at least 4 members (excludes halogenated alkanes) is 1. The molecular weight excluding hydrogens is 271 g/mol. The molecule has 4 nitrogen and oxygen atoms in total. The zero-order valence-electron chi connectivity index (χ0n) is 12.2. The van der Waals surface area contributed by atoms with Gasteiger partial charge in [-0.3, -0.25) is 0 Å². The van der Waals surface area contributed by atoms with Crippen LogP contribution in [0.25, 0.3) is 0 Å². The molecule has 21 heavy (non-hydrogen) atoms. The van der Waals surface area contributed by atoms with Crippen molar-refractivity contribution in [2.75, 3.05) is 19.8 Å². The van der Waals surface area contributed by atoms with Crippen LogP contribution in [-0.4, -0.2) is 31.8 Å². The molecule has 0 atom stereocenters. The Hall–Kier alpha value is -1.62. The highest BCUT2D eigenvalue weighted by Crippen LogP contribution is 2.09. The molecule has 1 heterocycles. The van der Waals surface area contributed by atoms with E-state index < -0.39 is 0 Å². The Bertz CT molecular complexity index is 448. The summed E-state index contributed by atoms with van der Waals surface area (Å²) in [4.78, 5) is 11.7. The minimum atomic E-state index is -0.150. The van der Waals surface area contributed by atoms with Gasteiger partial charge in [-0.1, -0.05) is 18.2 Å². The largest absolute Gasteiger partial charge is 0.381 e. The Labute approximate surface area is 125 Å². The topological polar surface area (TPSA) is 50.4 Å². The van der Waals surface area contributed by atoms with Crippen molar-refractivity contribution < 1.29 is 13.9 Å². The molecule has 0 bridgehead atoms. The molecular formula is C16H23FN2O2. The monoisotopic (exact) mass is 294 g/mol. The number of rotatable bonds is 6. The van der Waals surface area contributed by atoms with Crippen LogP contribution in [0.15, 0.2) is 24.3 Å². The second-order valence-corrected chi connectivity index (χ2v) is 5.34. The van der Waals surface area contributed by atoms with Gasteiger partial charge in [0.1, 0.15) is 5.82 Å². The number of hydrogen-bond acceptors (Lipinski definition) is 2. The summed E-state index contributed by atoms with van der Waals surface area (Å²) in [5.74, 6) is -0.150. The van der Waals surface area contributed by atoms with Crippen molar-refractivity contribution >= 4 is 6.03 Å². The molecule has 5 heteroatoms. The lowest BCUT2D eigenvalue weighted by atomic mass is 10.1. The van der Waals surface area contributed by atoms with E-state index in [0.29, 0.717) is 26.2 Å². The number of amides is 2. The van der Waals surface area contributed by atoms with Crippen molar-refractivity contribution in [3.8, 4) is 0 Å². The summed E-state index contributed by atoms with van der Waals surface area (Å²) in [6.07, 6.45) is 4.16. The molecule has 1 aromatic carbocycles. The van der Waals surface area contributed by atoms with Crippen LogP contribution in [-0.2, 0) is 11.2 Å². The average Bonchev–Trinajstić information content (AvgIpc) is 2.50. The van der Waals surface area contributed by atoms with Crippen molar-refractivity contribution in [1.82, 2.24) is 10.6 Å². The highest BCUT2D eigenvalue weighted by atomic mass is 19.1. The van der Waals surface area contributed by atoms with Gasteiger partial charge in [0.15, 0.2) is 0 Å². The van der Waals surface area contributed by atoms with Gasteiger partial charge < -0.3 is 15.4 Å². The predicted octanol–water partition coefficient (Wildman–Crippen LogP) is 2.63. The molecule has 116 valence electrons.